The molecule has 1 unspecified atom stereocenters. The molecule has 1 aliphatic carbocycles. The zero-order valence-corrected chi connectivity index (χ0v) is 13.7. The molecule has 5 heteroatoms. The Balaban J connectivity index is 2.09. The summed E-state index contributed by atoms with van der Waals surface area (Å²) >= 11 is 12.4. The summed E-state index contributed by atoms with van der Waals surface area (Å²) in [5.74, 6) is 2.13. The molecule has 1 aromatic heterocycles. The Kier molecular flexibility index (Phi) is 5.79. The molecule has 1 fully saturated rings. The van der Waals surface area contributed by atoms with Gasteiger partial charge in [0.05, 0.1) is 10.0 Å². The third kappa shape index (κ3) is 3.92. The number of hydrogen-bond donors (Lipinski definition) is 2. The van der Waals surface area contributed by atoms with Crippen molar-refractivity contribution in [2.75, 3.05) is 17.2 Å². The smallest absolute Gasteiger partial charge is 0.147 e. The first-order valence-corrected chi connectivity index (χ1v) is 8.23. The number of pyridine rings is 1. The van der Waals surface area contributed by atoms with Crippen LogP contribution in [-0.4, -0.2) is 17.6 Å². The van der Waals surface area contributed by atoms with Crippen molar-refractivity contribution in [3.63, 3.8) is 0 Å². The lowest BCUT2D eigenvalue weighted by Gasteiger charge is -2.29. The van der Waals surface area contributed by atoms with Crippen LogP contribution in [0.25, 0.3) is 0 Å². The first-order valence-electron chi connectivity index (χ1n) is 7.48. The van der Waals surface area contributed by atoms with Crippen LogP contribution in [0.3, 0.4) is 0 Å². The van der Waals surface area contributed by atoms with Crippen LogP contribution in [0.1, 0.15) is 46.0 Å². The quantitative estimate of drug-likeness (QED) is 0.784. The standard InChI is InChI=1S/C15H23Cl2N3/c1-3-18-14-12(16)9-13(17)15(20-14)19-10(2)11-7-5-4-6-8-11/h9-11H,3-8H2,1-2H3,(H2,18,19,20). The Morgan fingerprint density at radius 2 is 1.85 bits per heavy atom. The highest BCUT2D eigenvalue weighted by atomic mass is 35.5. The van der Waals surface area contributed by atoms with Gasteiger partial charge in [-0.1, -0.05) is 42.5 Å². The van der Waals surface area contributed by atoms with E-state index in [1.165, 1.54) is 32.1 Å². The number of hydrogen-bond acceptors (Lipinski definition) is 3. The molecule has 0 aromatic carbocycles. The van der Waals surface area contributed by atoms with Gasteiger partial charge < -0.3 is 10.6 Å². The van der Waals surface area contributed by atoms with Crippen molar-refractivity contribution < 1.29 is 0 Å². The van der Waals surface area contributed by atoms with Gasteiger partial charge in [0.25, 0.3) is 0 Å². The lowest BCUT2D eigenvalue weighted by Crippen LogP contribution is -2.28. The van der Waals surface area contributed by atoms with E-state index in [1.807, 2.05) is 6.92 Å². The molecular formula is C15H23Cl2N3. The van der Waals surface area contributed by atoms with E-state index >= 15 is 0 Å². The van der Waals surface area contributed by atoms with E-state index in [1.54, 1.807) is 6.07 Å². The fourth-order valence-corrected chi connectivity index (χ4v) is 3.31. The number of nitrogens with one attached hydrogen (secondary N) is 2. The summed E-state index contributed by atoms with van der Waals surface area (Å²) in [6.07, 6.45) is 6.62. The molecule has 1 aliphatic rings. The van der Waals surface area contributed by atoms with Crippen LogP contribution < -0.4 is 10.6 Å². The zero-order chi connectivity index (χ0) is 14.5. The maximum atomic E-state index is 6.25. The predicted molar refractivity (Wildman–Crippen MR) is 88.1 cm³/mol. The van der Waals surface area contributed by atoms with Crippen LogP contribution in [0.15, 0.2) is 6.07 Å². The van der Waals surface area contributed by atoms with Crippen molar-refractivity contribution in [3.8, 4) is 0 Å². The Labute approximate surface area is 131 Å². The lowest BCUT2D eigenvalue weighted by molar-refractivity contribution is 0.328. The van der Waals surface area contributed by atoms with Gasteiger partial charge in [-0.05, 0) is 38.7 Å². The molecule has 3 nitrogen and oxygen atoms in total. The molecule has 2 N–H and O–H groups in total. The lowest BCUT2D eigenvalue weighted by atomic mass is 9.84. The second kappa shape index (κ2) is 7.37. The van der Waals surface area contributed by atoms with Crippen LogP contribution in [0, 0.1) is 5.92 Å². The van der Waals surface area contributed by atoms with Gasteiger partial charge in [0.15, 0.2) is 0 Å². The first kappa shape index (κ1) is 15.7. The second-order valence-electron chi connectivity index (χ2n) is 5.51. The molecular weight excluding hydrogens is 293 g/mol. The molecule has 0 bridgehead atoms. The number of halogens is 2. The maximum absolute atomic E-state index is 6.25. The number of anilines is 2. The number of aromatic nitrogens is 1. The fraction of sp³-hybridized carbons (Fsp3) is 0.667. The van der Waals surface area contributed by atoms with E-state index in [2.05, 4.69) is 22.5 Å². The average Bonchev–Trinajstić information content (AvgIpc) is 2.45. The van der Waals surface area contributed by atoms with E-state index in [0.29, 0.717) is 27.8 Å². The predicted octanol–water partition coefficient (Wildman–Crippen LogP) is 5.20. The Hall–Kier alpha value is -0.670. The summed E-state index contributed by atoms with van der Waals surface area (Å²) in [7, 11) is 0. The average molecular weight is 316 g/mol. The monoisotopic (exact) mass is 315 g/mol. The molecule has 1 atom stereocenters. The fourth-order valence-electron chi connectivity index (χ4n) is 2.83. The highest BCUT2D eigenvalue weighted by Gasteiger charge is 2.21. The van der Waals surface area contributed by atoms with Crippen molar-refractivity contribution in [1.82, 2.24) is 4.98 Å². The van der Waals surface area contributed by atoms with E-state index < -0.39 is 0 Å². The molecule has 1 heterocycles. The summed E-state index contributed by atoms with van der Waals surface area (Å²) in [6.45, 7) is 5.02. The van der Waals surface area contributed by atoms with Gasteiger partial charge in [0.1, 0.15) is 11.6 Å². The molecule has 1 saturated carbocycles. The van der Waals surface area contributed by atoms with E-state index in [4.69, 9.17) is 23.2 Å². The molecule has 20 heavy (non-hydrogen) atoms. The van der Waals surface area contributed by atoms with Crippen molar-refractivity contribution in [2.45, 2.75) is 52.0 Å². The minimum absolute atomic E-state index is 0.385. The van der Waals surface area contributed by atoms with Gasteiger partial charge in [-0.3, -0.25) is 0 Å². The Morgan fingerprint density at radius 1 is 1.20 bits per heavy atom. The van der Waals surface area contributed by atoms with Gasteiger partial charge in [0, 0.05) is 12.6 Å². The normalized spacial score (nSPS) is 17.8. The number of nitrogens with zero attached hydrogens (tertiary/aromatic N) is 1. The minimum Gasteiger partial charge on any atom is -0.369 e. The van der Waals surface area contributed by atoms with Gasteiger partial charge >= 0.3 is 0 Å². The molecule has 2 rings (SSSR count). The van der Waals surface area contributed by atoms with Crippen molar-refractivity contribution >= 4 is 34.8 Å². The van der Waals surface area contributed by atoms with E-state index in [9.17, 15) is 0 Å². The van der Waals surface area contributed by atoms with Gasteiger partial charge in [-0.25, -0.2) is 4.98 Å². The summed E-state index contributed by atoms with van der Waals surface area (Å²) in [5.41, 5.74) is 0. The third-order valence-corrected chi connectivity index (χ3v) is 4.57. The molecule has 1 aromatic rings. The summed E-state index contributed by atoms with van der Waals surface area (Å²) in [6, 6.07) is 2.14. The van der Waals surface area contributed by atoms with E-state index in [-0.39, 0.29) is 0 Å². The molecule has 0 amide bonds. The van der Waals surface area contributed by atoms with Crippen LogP contribution in [0.5, 0.6) is 0 Å². The third-order valence-electron chi connectivity index (χ3n) is 4.00. The molecule has 0 saturated heterocycles. The SMILES string of the molecule is CCNc1nc(NC(C)C2CCCCC2)c(Cl)cc1Cl. The summed E-state index contributed by atoms with van der Waals surface area (Å²) < 4.78 is 0. The van der Waals surface area contributed by atoms with Gasteiger partial charge in [-0.15, -0.1) is 0 Å². The van der Waals surface area contributed by atoms with Gasteiger partial charge in [0.2, 0.25) is 0 Å². The summed E-state index contributed by atoms with van der Waals surface area (Å²) in [5, 5.41) is 7.76. The second-order valence-corrected chi connectivity index (χ2v) is 6.33. The molecule has 0 aliphatic heterocycles. The zero-order valence-electron chi connectivity index (χ0n) is 12.2. The van der Waals surface area contributed by atoms with Crippen molar-refractivity contribution in [1.29, 1.82) is 0 Å². The van der Waals surface area contributed by atoms with Gasteiger partial charge in [-0.2, -0.15) is 0 Å². The molecule has 112 valence electrons. The van der Waals surface area contributed by atoms with Crippen LogP contribution >= 0.6 is 23.2 Å². The first-order chi connectivity index (χ1) is 9.61. The van der Waals surface area contributed by atoms with E-state index in [0.717, 1.165) is 12.4 Å². The summed E-state index contributed by atoms with van der Waals surface area (Å²) in [4.78, 5) is 4.51. The van der Waals surface area contributed by atoms with Crippen LogP contribution in [0.4, 0.5) is 11.6 Å². The highest BCUT2D eigenvalue weighted by molar-refractivity contribution is 6.37. The van der Waals surface area contributed by atoms with Crippen molar-refractivity contribution in [3.05, 3.63) is 16.1 Å². The largest absolute Gasteiger partial charge is 0.369 e. The molecule has 0 spiro atoms. The maximum Gasteiger partial charge on any atom is 0.147 e. The van der Waals surface area contributed by atoms with Crippen LogP contribution in [0.2, 0.25) is 10.0 Å². The molecule has 0 radical (unpaired) electrons. The van der Waals surface area contributed by atoms with Crippen LogP contribution in [-0.2, 0) is 0 Å². The highest BCUT2D eigenvalue weighted by Crippen LogP contribution is 2.32. The Bertz CT molecular complexity index is 445. The number of rotatable bonds is 5. The Morgan fingerprint density at radius 3 is 2.50 bits per heavy atom. The minimum atomic E-state index is 0.385. The van der Waals surface area contributed by atoms with Crippen molar-refractivity contribution in [2.24, 2.45) is 5.92 Å². The topological polar surface area (TPSA) is 37.0 Å².